The average molecular weight is 166 g/mol. The third-order valence-corrected chi connectivity index (χ3v) is 1.88. The molecule has 1 aromatic rings. The Balaban J connectivity index is 0.000000640. The lowest BCUT2D eigenvalue weighted by Crippen LogP contribution is -2.09. The van der Waals surface area contributed by atoms with Gasteiger partial charge in [0.25, 0.3) is 5.56 Å². The standard InChI is InChI=1S/C5H7NOS.ClH/c1-2-6-5(7)3-4-8-6;/h3-4H,2H2,1H3;1H. The van der Waals surface area contributed by atoms with Crippen LogP contribution >= 0.6 is 23.9 Å². The van der Waals surface area contributed by atoms with E-state index >= 15 is 0 Å². The Hall–Kier alpha value is -0.280. The van der Waals surface area contributed by atoms with Crippen molar-refractivity contribution in [1.29, 1.82) is 0 Å². The second-order valence-electron chi connectivity index (χ2n) is 1.44. The summed E-state index contributed by atoms with van der Waals surface area (Å²) in [5, 5.41) is 1.80. The van der Waals surface area contributed by atoms with E-state index in [2.05, 4.69) is 0 Å². The van der Waals surface area contributed by atoms with Crippen LogP contribution in [0.2, 0.25) is 0 Å². The zero-order valence-corrected chi connectivity index (χ0v) is 6.67. The molecule has 0 amide bonds. The van der Waals surface area contributed by atoms with Gasteiger partial charge in [-0.25, -0.2) is 0 Å². The van der Waals surface area contributed by atoms with E-state index in [9.17, 15) is 4.79 Å². The number of hydrogen-bond donors (Lipinski definition) is 0. The molecule has 1 heterocycles. The smallest absolute Gasteiger partial charge is 0.260 e. The number of hydrogen-bond acceptors (Lipinski definition) is 2. The van der Waals surface area contributed by atoms with E-state index in [1.54, 1.807) is 15.4 Å². The van der Waals surface area contributed by atoms with E-state index < -0.39 is 0 Å². The Morgan fingerprint density at radius 2 is 2.44 bits per heavy atom. The summed E-state index contributed by atoms with van der Waals surface area (Å²) in [4.78, 5) is 10.6. The first-order valence-corrected chi connectivity index (χ1v) is 3.33. The number of nitrogens with zero attached hydrogens (tertiary/aromatic N) is 1. The molecule has 0 atom stereocenters. The quantitative estimate of drug-likeness (QED) is 0.616. The SMILES string of the molecule is CCn1sccc1=O.Cl. The van der Waals surface area contributed by atoms with Crippen molar-refractivity contribution >= 4 is 23.9 Å². The van der Waals surface area contributed by atoms with Crippen LogP contribution in [0.15, 0.2) is 16.2 Å². The predicted octanol–water partition coefficient (Wildman–Crippen LogP) is 1.35. The molecule has 4 heteroatoms. The summed E-state index contributed by atoms with van der Waals surface area (Å²) in [6.07, 6.45) is 0. The highest BCUT2D eigenvalue weighted by Crippen LogP contribution is 1.89. The summed E-state index contributed by atoms with van der Waals surface area (Å²) >= 11 is 1.45. The van der Waals surface area contributed by atoms with Gasteiger partial charge in [0.2, 0.25) is 0 Å². The van der Waals surface area contributed by atoms with Crippen LogP contribution < -0.4 is 5.56 Å². The fourth-order valence-electron chi connectivity index (χ4n) is 0.528. The van der Waals surface area contributed by atoms with Crippen LogP contribution in [-0.2, 0) is 6.54 Å². The van der Waals surface area contributed by atoms with Crippen molar-refractivity contribution in [2.24, 2.45) is 0 Å². The summed E-state index contributed by atoms with van der Waals surface area (Å²) in [6, 6.07) is 1.58. The van der Waals surface area contributed by atoms with E-state index in [0.717, 1.165) is 6.54 Å². The maximum Gasteiger partial charge on any atom is 0.260 e. The molecule has 52 valence electrons. The lowest BCUT2D eigenvalue weighted by Gasteiger charge is -1.86. The van der Waals surface area contributed by atoms with E-state index in [0.29, 0.717) is 0 Å². The second-order valence-corrected chi connectivity index (χ2v) is 2.36. The highest BCUT2D eigenvalue weighted by atomic mass is 35.5. The Morgan fingerprint density at radius 3 is 2.67 bits per heavy atom. The Morgan fingerprint density at radius 1 is 1.78 bits per heavy atom. The van der Waals surface area contributed by atoms with Crippen LogP contribution in [0, 0.1) is 0 Å². The molecule has 1 rings (SSSR count). The topological polar surface area (TPSA) is 22.0 Å². The predicted molar refractivity (Wildman–Crippen MR) is 41.5 cm³/mol. The first kappa shape index (κ1) is 8.72. The van der Waals surface area contributed by atoms with Crippen LogP contribution in [-0.4, -0.2) is 3.96 Å². The van der Waals surface area contributed by atoms with Gasteiger partial charge >= 0.3 is 0 Å². The zero-order chi connectivity index (χ0) is 5.98. The molecular formula is C5H8ClNOS. The maximum atomic E-state index is 10.6. The van der Waals surface area contributed by atoms with Gasteiger partial charge in [0.1, 0.15) is 0 Å². The Kier molecular flexibility index (Phi) is 3.58. The van der Waals surface area contributed by atoms with Gasteiger partial charge in [0, 0.05) is 18.0 Å². The number of halogens is 1. The summed E-state index contributed by atoms with van der Waals surface area (Å²) in [7, 11) is 0. The van der Waals surface area contributed by atoms with Crippen LogP contribution in [0.4, 0.5) is 0 Å². The molecule has 0 spiro atoms. The average Bonchev–Trinajstić information content (AvgIpc) is 2.14. The van der Waals surface area contributed by atoms with E-state index in [1.807, 2.05) is 6.92 Å². The lowest BCUT2D eigenvalue weighted by atomic mass is 10.7. The summed E-state index contributed by atoms with van der Waals surface area (Å²) in [5.41, 5.74) is 0.109. The molecule has 9 heavy (non-hydrogen) atoms. The molecule has 0 N–H and O–H groups in total. The minimum Gasteiger partial charge on any atom is -0.268 e. The van der Waals surface area contributed by atoms with Gasteiger partial charge in [0.05, 0.1) is 0 Å². The van der Waals surface area contributed by atoms with Crippen LogP contribution in [0.5, 0.6) is 0 Å². The fourth-order valence-corrected chi connectivity index (χ4v) is 1.17. The number of aryl methyl sites for hydroxylation is 1. The summed E-state index contributed by atoms with van der Waals surface area (Å²) in [5.74, 6) is 0. The molecule has 0 bridgehead atoms. The highest BCUT2D eigenvalue weighted by Gasteiger charge is 1.88. The van der Waals surface area contributed by atoms with Crippen molar-refractivity contribution in [2.75, 3.05) is 0 Å². The maximum absolute atomic E-state index is 10.6. The number of aromatic nitrogens is 1. The highest BCUT2D eigenvalue weighted by molar-refractivity contribution is 7.04. The third kappa shape index (κ3) is 1.84. The van der Waals surface area contributed by atoms with Gasteiger partial charge in [-0.05, 0) is 6.92 Å². The summed E-state index contributed by atoms with van der Waals surface area (Å²) in [6.45, 7) is 2.74. The van der Waals surface area contributed by atoms with Crippen LogP contribution in [0.25, 0.3) is 0 Å². The van der Waals surface area contributed by atoms with Gasteiger partial charge in [-0.15, -0.1) is 12.4 Å². The normalized spacial score (nSPS) is 8.56. The molecule has 0 fully saturated rings. The molecule has 0 unspecified atom stereocenters. The third-order valence-electron chi connectivity index (χ3n) is 0.932. The first-order chi connectivity index (χ1) is 3.84. The van der Waals surface area contributed by atoms with E-state index in [1.165, 1.54) is 11.5 Å². The van der Waals surface area contributed by atoms with Crippen molar-refractivity contribution in [3.63, 3.8) is 0 Å². The fraction of sp³-hybridized carbons (Fsp3) is 0.400. The Bertz CT molecular complexity index is 217. The summed E-state index contributed by atoms with van der Waals surface area (Å²) < 4.78 is 1.69. The Labute approximate surface area is 63.7 Å². The van der Waals surface area contributed by atoms with Crippen molar-refractivity contribution in [3.05, 3.63) is 21.8 Å². The lowest BCUT2D eigenvalue weighted by molar-refractivity contribution is 0.810. The van der Waals surface area contributed by atoms with Crippen molar-refractivity contribution < 1.29 is 0 Å². The van der Waals surface area contributed by atoms with Gasteiger partial charge in [0.15, 0.2) is 0 Å². The van der Waals surface area contributed by atoms with Gasteiger partial charge in [-0.3, -0.25) is 8.75 Å². The van der Waals surface area contributed by atoms with Crippen molar-refractivity contribution in [2.45, 2.75) is 13.5 Å². The molecule has 0 aromatic carbocycles. The van der Waals surface area contributed by atoms with Gasteiger partial charge in [-0.2, -0.15) is 0 Å². The molecule has 0 aliphatic rings. The molecule has 0 aliphatic carbocycles. The van der Waals surface area contributed by atoms with Crippen molar-refractivity contribution in [1.82, 2.24) is 3.96 Å². The molecule has 0 saturated carbocycles. The second kappa shape index (κ2) is 3.69. The molecule has 1 aromatic heterocycles. The molecular weight excluding hydrogens is 158 g/mol. The molecule has 2 nitrogen and oxygen atoms in total. The molecule has 0 saturated heterocycles. The van der Waals surface area contributed by atoms with Crippen molar-refractivity contribution in [3.8, 4) is 0 Å². The van der Waals surface area contributed by atoms with E-state index in [-0.39, 0.29) is 18.0 Å². The molecule has 0 radical (unpaired) electrons. The minimum absolute atomic E-state index is 0. The van der Waals surface area contributed by atoms with Gasteiger partial charge < -0.3 is 0 Å². The van der Waals surface area contributed by atoms with Gasteiger partial charge in [-0.1, -0.05) is 11.5 Å². The van der Waals surface area contributed by atoms with E-state index in [4.69, 9.17) is 0 Å². The van der Waals surface area contributed by atoms with Crippen LogP contribution in [0.1, 0.15) is 6.92 Å². The minimum atomic E-state index is 0. The monoisotopic (exact) mass is 165 g/mol. The largest absolute Gasteiger partial charge is 0.268 e. The first-order valence-electron chi connectivity index (χ1n) is 2.49. The number of rotatable bonds is 1. The van der Waals surface area contributed by atoms with Crippen LogP contribution in [0.3, 0.4) is 0 Å². The zero-order valence-electron chi connectivity index (χ0n) is 5.03. The molecule has 0 aliphatic heterocycles.